The van der Waals surface area contributed by atoms with E-state index in [-0.39, 0.29) is 0 Å². The predicted molar refractivity (Wildman–Crippen MR) is 91.2 cm³/mol. The van der Waals surface area contributed by atoms with Crippen molar-refractivity contribution >= 4 is 17.0 Å². The van der Waals surface area contributed by atoms with Crippen molar-refractivity contribution in [2.75, 3.05) is 13.6 Å². The summed E-state index contributed by atoms with van der Waals surface area (Å²) in [6, 6.07) is 8.76. The number of nitrogens with one attached hydrogen (secondary N) is 3. The third kappa shape index (κ3) is 3.78. The molecule has 1 heterocycles. The number of hydrogen-bond donors (Lipinski definition) is 3. The Morgan fingerprint density at radius 2 is 2.14 bits per heavy atom. The maximum Gasteiger partial charge on any atom is 0.191 e. The molecule has 0 amide bonds. The Morgan fingerprint density at radius 1 is 1.32 bits per heavy atom. The molecule has 0 spiro atoms. The first kappa shape index (κ1) is 14.9. The minimum Gasteiger partial charge on any atom is -0.356 e. The van der Waals surface area contributed by atoms with Crippen LogP contribution in [0.5, 0.6) is 0 Å². The minimum atomic E-state index is 0.599. The van der Waals surface area contributed by atoms with Crippen LogP contribution in [-0.2, 0) is 6.42 Å². The highest BCUT2D eigenvalue weighted by atomic mass is 15.2. The number of rotatable bonds is 5. The zero-order valence-corrected chi connectivity index (χ0v) is 13.2. The summed E-state index contributed by atoms with van der Waals surface area (Å²) in [5.41, 5.74) is 2.16. The summed E-state index contributed by atoms with van der Waals surface area (Å²) in [6.45, 7) is 0.906. The number of para-hydroxylation sites is 2. The molecule has 0 atom stereocenters. The SMILES string of the molecule is CN=C(NCCCc1nc2ccccc2[nH]1)NC1CCCC1. The van der Waals surface area contributed by atoms with E-state index < -0.39 is 0 Å². The summed E-state index contributed by atoms with van der Waals surface area (Å²) < 4.78 is 0. The Balaban J connectivity index is 1.42. The Morgan fingerprint density at radius 3 is 2.91 bits per heavy atom. The van der Waals surface area contributed by atoms with Gasteiger partial charge in [-0.3, -0.25) is 4.99 Å². The second-order valence-corrected chi connectivity index (χ2v) is 5.93. The lowest BCUT2D eigenvalue weighted by Gasteiger charge is -2.16. The van der Waals surface area contributed by atoms with Gasteiger partial charge >= 0.3 is 0 Å². The molecule has 5 heteroatoms. The lowest BCUT2D eigenvalue weighted by atomic mass is 10.2. The molecule has 22 heavy (non-hydrogen) atoms. The monoisotopic (exact) mass is 299 g/mol. The van der Waals surface area contributed by atoms with Crippen molar-refractivity contribution in [2.24, 2.45) is 4.99 Å². The van der Waals surface area contributed by atoms with Crippen LogP contribution in [0.1, 0.15) is 37.9 Å². The molecule has 1 aliphatic rings. The van der Waals surface area contributed by atoms with Crippen molar-refractivity contribution in [3.8, 4) is 0 Å². The van der Waals surface area contributed by atoms with Gasteiger partial charge in [0, 0.05) is 26.1 Å². The van der Waals surface area contributed by atoms with E-state index in [9.17, 15) is 0 Å². The fourth-order valence-electron chi connectivity index (χ4n) is 3.04. The number of imidazole rings is 1. The number of benzene rings is 1. The maximum atomic E-state index is 4.60. The van der Waals surface area contributed by atoms with Crippen LogP contribution in [-0.4, -0.2) is 35.6 Å². The molecule has 0 saturated heterocycles. The Kier molecular flexibility index (Phi) is 4.93. The first-order chi connectivity index (χ1) is 10.8. The van der Waals surface area contributed by atoms with Crippen LogP contribution in [0.25, 0.3) is 11.0 Å². The van der Waals surface area contributed by atoms with Crippen molar-refractivity contribution in [1.82, 2.24) is 20.6 Å². The smallest absolute Gasteiger partial charge is 0.191 e. The molecule has 1 aliphatic carbocycles. The number of guanidine groups is 1. The lowest BCUT2D eigenvalue weighted by molar-refractivity contribution is 0.609. The molecule has 1 fully saturated rings. The predicted octanol–water partition coefficient (Wildman–Crippen LogP) is 2.60. The van der Waals surface area contributed by atoms with Gasteiger partial charge in [0.25, 0.3) is 0 Å². The van der Waals surface area contributed by atoms with Gasteiger partial charge in [-0.15, -0.1) is 0 Å². The molecule has 1 aromatic heterocycles. The third-order valence-corrected chi connectivity index (χ3v) is 4.24. The number of aromatic amines is 1. The molecule has 3 N–H and O–H groups in total. The second-order valence-electron chi connectivity index (χ2n) is 5.93. The van der Waals surface area contributed by atoms with E-state index in [0.29, 0.717) is 6.04 Å². The fraction of sp³-hybridized carbons (Fsp3) is 0.529. The maximum absolute atomic E-state index is 4.60. The Bertz CT molecular complexity index is 592. The normalized spacial score (nSPS) is 16.3. The van der Waals surface area contributed by atoms with E-state index in [2.05, 4.69) is 31.7 Å². The first-order valence-corrected chi connectivity index (χ1v) is 8.26. The minimum absolute atomic E-state index is 0.599. The number of aryl methyl sites for hydroxylation is 1. The molecule has 118 valence electrons. The quantitative estimate of drug-likeness (QED) is 0.452. The molecule has 0 unspecified atom stereocenters. The molecular weight excluding hydrogens is 274 g/mol. The van der Waals surface area contributed by atoms with Crippen LogP contribution in [0.3, 0.4) is 0 Å². The molecule has 3 rings (SSSR count). The molecule has 1 saturated carbocycles. The number of H-pyrrole nitrogens is 1. The van der Waals surface area contributed by atoms with E-state index >= 15 is 0 Å². The van der Waals surface area contributed by atoms with E-state index in [1.165, 1.54) is 25.7 Å². The van der Waals surface area contributed by atoms with Crippen molar-refractivity contribution in [2.45, 2.75) is 44.6 Å². The molecule has 5 nitrogen and oxygen atoms in total. The Labute approximate surface area is 131 Å². The van der Waals surface area contributed by atoms with E-state index in [0.717, 1.165) is 42.2 Å². The van der Waals surface area contributed by atoms with E-state index in [1.54, 1.807) is 0 Å². The molecule has 0 aliphatic heterocycles. The number of fused-ring (bicyclic) bond motifs is 1. The molecule has 0 radical (unpaired) electrons. The molecule has 0 bridgehead atoms. The standard InChI is InChI=1S/C17H25N5/c1-18-17(20-13-7-2-3-8-13)19-12-6-11-16-21-14-9-4-5-10-15(14)22-16/h4-5,9-10,13H,2-3,6-8,11-12H2,1H3,(H,21,22)(H2,18,19,20). The number of nitrogens with zero attached hydrogens (tertiary/aromatic N) is 2. The summed E-state index contributed by atoms with van der Waals surface area (Å²) in [7, 11) is 1.84. The number of hydrogen-bond acceptors (Lipinski definition) is 2. The highest BCUT2D eigenvalue weighted by molar-refractivity contribution is 5.80. The highest BCUT2D eigenvalue weighted by Gasteiger charge is 2.15. The van der Waals surface area contributed by atoms with Gasteiger partial charge in [0.05, 0.1) is 11.0 Å². The van der Waals surface area contributed by atoms with Crippen molar-refractivity contribution in [1.29, 1.82) is 0 Å². The van der Waals surface area contributed by atoms with Crippen LogP contribution in [0.15, 0.2) is 29.3 Å². The van der Waals surface area contributed by atoms with Crippen LogP contribution in [0.2, 0.25) is 0 Å². The van der Waals surface area contributed by atoms with Crippen LogP contribution in [0.4, 0.5) is 0 Å². The molecule has 1 aromatic carbocycles. The zero-order chi connectivity index (χ0) is 15.2. The highest BCUT2D eigenvalue weighted by Crippen LogP contribution is 2.17. The van der Waals surface area contributed by atoms with E-state index in [4.69, 9.17) is 0 Å². The number of aromatic nitrogens is 2. The summed E-state index contributed by atoms with van der Waals surface area (Å²) in [5, 5.41) is 6.90. The Hall–Kier alpha value is -2.04. The lowest BCUT2D eigenvalue weighted by Crippen LogP contribution is -2.42. The molecule has 2 aromatic rings. The van der Waals surface area contributed by atoms with Crippen molar-refractivity contribution < 1.29 is 0 Å². The summed E-state index contributed by atoms with van der Waals surface area (Å²) in [4.78, 5) is 12.3. The average Bonchev–Trinajstić information content (AvgIpc) is 3.19. The average molecular weight is 299 g/mol. The third-order valence-electron chi connectivity index (χ3n) is 4.24. The van der Waals surface area contributed by atoms with Gasteiger partial charge in [0.2, 0.25) is 0 Å². The first-order valence-electron chi connectivity index (χ1n) is 8.26. The number of aliphatic imine (C=N–C) groups is 1. The van der Waals surface area contributed by atoms with Gasteiger partial charge in [-0.2, -0.15) is 0 Å². The van der Waals surface area contributed by atoms with Gasteiger partial charge in [-0.1, -0.05) is 25.0 Å². The van der Waals surface area contributed by atoms with Gasteiger partial charge in [-0.25, -0.2) is 4.98 Å². The van der Waals surface area contributed by atoms with E-state index in [1.807, 2.05) is 25.2 Å². The second kappa shape index (κ2) is 7.29. The zero-order valence-electron chi connectivity index (χ0n) is 13.2. The summed E-state index contributed by atoms with van der Waals surface area (Å²) in [6.07, 6.45) is 7.17. The van der Waals surface area contributed by atoms with Gasteiger partial charge in [0.1, 0.15) is 5.82 Å². The van der Waals surface area contributed by atoms with Crippen LogP contribution in [0, 0.1) is 0 Å². The largest absolute Gasteiger partial charge is 0.356 e. The van der Waals surface area contributed by atoms with Crippen LogP contribution >= 0.6 is 0 Å². The topological polar surface area (TPSA) is 65.1 Å². The summed E-state index contributed by atoms with van der Waals surface area (Å²) >= 11 is 0. The van der Waals surface area contributed by atoms with Crippen molar-refractivity contribution in [3.63, 3.8) is 0 Å². The summed E-state index contributed by atoms with van der Waals surface area (Å²) in [5.74, 6) is 1.98. The van der Waals surface area contributed by atoms with Crippen molar-refractivity contribution in [3.05, 3.63) is 30.1 Å². The van der Waals surface area contributed by atoms with Gasteiger partial charge in [-0.05, 0) is 31.4 Å². The molecular formula is C17H25N5. The van der Waals surface area contributed by atoms with Crippen LogP contribution < -0.4 is 10.6 Å². The fourth-order valence-corrected chi connectivity index (χ4v) is 3.04. The van der Waals surface area contributed by atoms with Gasteiger partial charge in [0.15, 0.2) is 5.96 Å². The van der Waals surface area contributed by atoms with Gasteiger partial charge < -0.3 is 15.6 Å².